The molecule has 1 aromatic heterocycles. The maximum atomic E-state index is 5.68. The summed E-state index contributed by atoms with van der Waals surface area (Å²) in [5.41, 5.74) is 1.71. The number of hydroxylamine groups is 2. The summed E-state index contributed by atoms with van der Waals surface area (Å²) in [6, 6.07) is 9.77. The highest BCUT2D eigenvalue weighted by molar-refractivity contribution is 6.19. The quantitative estimate of drug-likeness (QED) is 0.792. The standard InChI is InChI=1S/C15H15ClN2O3/c1-11-14(9-20-18-8-13(7-16)19-10-18)17-15(21-11)12-5-3-2-4-6-12/h2-6,8H,7,9-10H2,1H3. The van der Waals surface area contributed by atoms with Gasteiger partial charge in [0.1, 0.15) is 23.8 Å². The summed E-state index contributed by atoms with van der Waals surface area (Å²) >= 11 is 5.68. The molecule has 3 rings (SSSR count). The van der Waals surface area contributed by atoms with Gasteiger partial charge in [-0.05, 0) is 19.1 Å². The van der Waals surface area contributed by atoms with Gasteiger partial charge in [-0.25, -0.2) is 10.0 Å². The zero-order chi connectivity index (χ0) is 14.7. The van der Waals surface area contributed by atoms with Crippen LogP contribution in [-0.4, -0.2) is 22.7 Å². The van der Waals surface area contributed by atoms with Crippen LogP contribution < -0.4 is 0 Å². The molecule has 0 N–H and O–H groups in total. The summed E-state index contributed by atoms with van der Waals surface area (Å²) in [6.07, 6.45) is 1.74. The fraction of sp³-hybridized carbons (Fsp3) is 0.267. The summed E-state index contributed by atoms with van der Waals surface area (Å²) in [6.45, 7) is 2.53. The number of allylic oxidation sites excluding steroid dienone is 1. The van der Waals surface area contributed by atoms with Crippen LogP contribution in [0.15, 0.2) is 46.7 Å². The lowest BCUT2D eigenvalue weighted by molar-refractivity contribution is -0.156. The topological polar surface area (TPSA) is 47.7 Å². The number of rotatable bonds is 5. The number of aryl methyl sites for hydroxylation is 1. The average molecular weight is 307 g/mol. The van der Waals surface area contributed by atoms with E-state index in [9.17, 15) is 0 Å². The van der Waals surface area contributed by atoms with Crippen molar-refractivity contribution in [3.63, 3.8) is 0 Å². The molecule has 2 aromatic rings. The summed E-state index contributed by atoms with van der Waals surface area (Å²) in [4.78, 5) is 10.1. The molecule has 0 saturated carbocycles. The van der Waals surface area contributed by atoms with Gasteiger partial charge in [-0.15, -0.1) is 11.6 Å². The molecule has 0 radical (unpaired) electrons. The lowest BCUT2D eigenvalue weighted by atomic mass is 10.2. The Hall–Kier alpha value is -1.98. The number of hydrogen-bond acceptors (Lipinski definition) is 5. The first-order valence-corrected chi connectivity index (χ1v) is 7.10. The van der Waals surface area contributed by atoms with Crippen LogP contribution in [0.4, 0.5) is 0 Å². The van der Waals surface area contributed by atoms with E-state index in [1.807, 2.05) is 37.3 Å². The third-order valence-corrected chi connectivity index (χ3v) is 3.34. The van der Waals surface area contributed by atoms with Crippen molar-refractivity contribution in [1.29, 1.82) is 0 Å². The molecule has 0 bridgehead atoms. The minimum Gasteiger partial charge on any atom is -0.472 e. The monoisotopic (exact) mass is 306 g/mol. The smallest absolute Gasteiger partial charge is 0.226 e. The molecule has 0 amide bonds. The van der Waals surface area contributed by atoms with Gasteiger partial charge in [0.05, 0.1) is 12.1 Å². The predicted molar refractivity (Wildman–Crippen MR) is 78.1 cm³/mol. The largest absolute Gasteiger partial charge is 0.472 e. The summed E-state index contributed by atoms with van der Waals surface area (Å²) < 4.78 is 11.0. The minimum atomic E-state index is 0.317. The summed E-state index contributed by atoms with van der Waals surface area (Å²) in [7, 11) is 0. The van der Waals surface area contributed by atoms with Crippen LogP contribution in [0.2, 0.25) is 0 Å². The van der Waals surface area contributed by atoms with Gasteiger partial charge in [0, 0.05) is 5.56 Å². The van der Waals surface area contributed by atoms with Gasteiger partial charge in [0.25, 0.3) is 0 Å². The first kappa shape index (κ1) is 14.0. The fourth-order valence-electron chi connectivity index (χ4n) is 1.94. The molecule has 1 aliphatic rings. The van der Waals surface area contributed by atoms with Crippen molar-refractivity contribution in [1.82, 2.24) is 10.0 Å². The molecule has 0 saturated heterocycles. The Morgan fingerprint density at radius 2 is 2.14 bits per heavy atom. The van der Waals surface area contributed by atoms with Gasteiger partial charge in [0.15, 0.2) is 6.73 Å². The van der Waals surface area contributed by atoms with Gasteiger partial charge in [-0.3, -0.25) is 4.84 Å². The first-order chi connectivity index (χ1) is 10.3. The average Bonchev–Trinajstić information content (AvgIpc) is 3.12. The van der Waals surface area contributed by atoms with E-state index >= 15 is 0 Å². The van der Waals surface area contributed by atoms with Crippen LogP contribution in [0.25, 0.3) is 11.5 Å². The number of alkyl halides is 1. The van der Waals surface area contributed by atoms with Gasteiger partial charge in [-0.1, -0.05) is 18.2 Å². The molecule has 6 heteroatoms. The van der Waals surface area contributed by atoms with Crippen molar-refractivity contribution in [3.05, 3.63) is 53.7 Å². The SMILES string of the molecule is Cc1oc(-c2ccccc2)nc1CON1C=C(CCl)OC1. The maximum Gasteiger partial charge on any atom is 0.226 e. The minimum absolute atomic E-state index is 0.317. The van der Waals surface area contributed by atoms with Crippen LogP contribution in [0.3, 0.4) is 0 Å². The first-order valence-electron chi connectivity index (χ1n) is 6.57. The van der Waals surface area contributed by atoms with E-state index < -0.39 is 0 Å². The molecule has 2 heterocycles. The second-order valence-electron chi connectivity index (χ2n) is 4.58. The molecular weight excluding hydrogens is 292 g/mol. The number of ether oxygens (including phenoxy) is 1. The molecule has 110 valence electrons. The van der Waals surface area contributed by atoms with E-state index in [4.69, 9.17) is 25.6 Å². The molecule has 0 aliphatic carbocycles. The fourth-order valence-corrected chi connectivity index (χ4v) is 2.09. The lowest BCUT2D eigenvalue weighted by Gasteiger charge is -2.11. The van der Waals surface area contributed by atoms with Crippen molar-refractivity contribution in [2.45, 2.75) is 13.5 Å². The van der Waals surface area contributed by atoms with Crippen molar-refractivity contribution in [2.75, 3.05) is 12.6 Å². The zero-order valence-corrected chi connectivity index (χ0v) is 12.3. The Balaban J connectivity index is 1.67. The van der Waals surface area contributed by atoms with E-state index in [-0.39, 0.29) is 0 Å². The Morgan fingerprint density at radius 3 is 2.86 bits per heavy atom. The number of halogens is 1. The third kappa shape index (κ3) is 3.20. The molecule has 0 unspecified atom stereocenters. The zero-order valence-electron chi connectivity index (χ0n) is 11.6. The van der Waals surface area contributed by atoms with Crippen LogP contribution in [0, 0.1) is 6.92 Å². The van der Waals surface area contributed by atoms with Crippen LogP contribution in [0.5, 0.6) is 0 Å². The Labute approximate surface area is 127 Å². The van der Waals surface area contributed by atoms with Gasteiger partial charge in [-0.2, -0.15) is 0 Å². The second-order valence-corrected chi connectivity index (χ2v) is 4.85. The molecule has 21 heavy (non-hydrogen) atoms. The van der Waals surface area contributed by atoms with Gasteiger partial charge < -0.3 is 9.15 Å². The third-order valence-electron chi connectivity index (χ3n) is 3.08. The van der Waals surface area contributed by atoms with E-state index in [0.717, 1.165) is 17.0 Å². The van der Waals surface area contributed by atoms with E-state index in [1.165, 1.54) is 0 Å². The lowest BCUT2D eigenvalue weighted by Crippen LogP contribution is -2.15. The molecule has 1 aliphatic heterocycles. The highest BCUT2D eigenvalue weighted by Gasteiger charge is 2.16. The summed E-state index contributed by atoms with van der Waals surface area (Å²) in [5, 5.41) is 1.59. The van der Waals surface area contributed by atoms with Crippen LogP contribution >= 0.6 is 11.6 Å². The van der Waals surface area contributed by atoms with Crippen molar-refractivity contribution >= 4 is 11.6 Å². The van der Waals surface area contributed by atoms with Gasteiger partial charge >= 0.3 is 0 Å². The highest BCUT2D eigenvalue weighted by Crippen LogP contribution is 2.22. The van der Waals surface area contributed by atoms with Gasteiger partial charge in [0.2, 0.25) is 5.89 Å². The van der Waals surface area contributed by atoms with Crippen molar-refractivity contribution in [3.8, 4) is 11.5 Å². The summed E-state index contributed by atoms with van der Waals surface area (Å²) in [5.74, 6) is 2.37. The maximum absolute atomic E-state index is 5.68. The number of aromatic nitrogens is 1. The Kier molecular flexibility index (Phi) is 4.13. The van der Waals surface area contributed by atoms with Crippen molar-refractivity contribution in [2.24, 2.45) is 0 Å². The van der Waals surface area contributed by atoms with Crippen molar-refractivity contribution < 1.29 is 14.0 Å². The molecular formula is C15H15ClN2O3. The molecule has 0 fully saturated rings. The van der Waals surface area contributed by atoms with E-state index in [1.54, 1.807) is 11.3 Å². The molecule has 0 atom stereocenters. The number of nitrogens with zero attached hydrogens (tertiary/aromatic N) is 2. The van der Waals surface area contributed by atoms with E-state index in [2.05, 4.69) is 4.98 Å². The van der Waals surface area contributed by atoms with E-state index in [0.29, 0.717) is 30.9 Å². The molecule has 1 aromatic carbocycles. The Morgan fingerprint density at radius 1 is 1.33 bits per heavy atom. The predicted octanol–water partition coefficient (Wildman–Crippen LogP) is 3.45. The highest BCUT2D eigenvalue weighted by atomic mass is 35.5. The Bertz CT molecular complexity index is 640. The van der Waals surface area contributed by atoms with Crippen LogP contribution in [0.1, 0.15) is 11.5 Å². The molecule has 0 spiro atoms. The number of benzene rings is 1. The second kappa shape index (κ2) is 6.20. The molecule has 5 nitrogen and oxygen atoms in total. The normalized spacial score (nSPS) is 14.2. The number of oxazole rings is 1. The number of hydrogen-bond donors (Lipinski definition) is 0. The van der Waals surface area contributed by atoms with Crippen LogP contribution in [-0.2, 0) is 16.2 Å².